The molecule has 102 valence electrons. The number of ether oxygens (including phenoxy) is 1. The van der Waals surface area contributed by atoms with Crippen LogP contribution >= 0.6 is 0 Å². The summed E-state index contributed by atoms with van der Waals surface area (Å²) in [4.78, 5) is 14.9. The number of H-pyrrole nitrogens is 1. The number of aromatic nitrogens is 3. The summed E-state index contributed by atoms with van der Waals surface area (Å²) in [6, 6.07) is 8.01. The molecule has 1 saturated heterocycles. The zero-order valence-electron chi connectivity index (χ0n) is 11.0. The third-order valence-electron chi connectivity index (χ3n) is 3.99. The molecule has 5 nitrogen and oxygen atoms in total. The molecular weight excluding hydrogens is 254 g/mol. The number of aromatic amines is 1. The molecule has 3 heterocycles. The monoisotopic (exact) mass is 269 g/mol. The summed E-state index contributed by atoms with van der Waals surface area (Å²) < 4.78 is 7.37. The molecule has 20 heavy (non-hydrogen) atoms. The lowest BCUT2D eigenvalue weighted by Gasteiger charge is -2.21. The van der Waals surface area contributed by atoms with Gasteiger partial charge in [-0.15, -0.1) is 0 Å². The van der Waals surface area contributed by atoms with Crippen LogP contribution in [-0.4, -0.2) is 28.0 Å². The molecular formula is C15H15N3O2. The van der Waals surface area contributed by atoms with Gasteiger partial charge in [-0.2, -0.15) is 5.10 Å². The highest BCUT2D eigenvalue weighted by Gasteiger charge is 2.18. The van der Waals surface area contributed by atoms with Crippen LogP contribution in [0.3, 0.4) is 0 Å². The number of nitrogens with one attached hydrogen (secondary N) is 1. The third kappa shape index (κ3) is 1.74. The maximum Gasteiger partial charge on any atom is 0.257 e. The minimum Gasteiger partial charge on any atom is -0.381 e. The van der Waals surface area contributed by atoms with E-state index >= 15 is 0 Å². The van der Waals surface area contributed by atoms with Gasteiger partial charge in [0.05, 0.1) is 6.04 Å². The standard InChI is InChI=1S/C15H15N3O2/c19-15-12-4-2-1-3-11(12)13-9-18(17-14(13)16-15)10-5-7-20-8-6-10/h1-4,9-10H,5-8H2,(H,16,17,19). The molecule has 0 amide bonds. The van der Waals surface area contributed by atoms with Crippen LogP contribution in [0.25, 0.3) is 21.8 Å². The van der Waals surface area contributed by atoms with Crippen LogP contribution in [0.4, 0.5) is 0 Å². The zero-order valence-corrected chi connectivity index (χ0v) is 11.0. The van der Waals surface area contributed by atoms with Gasteiger partial charge < -0.3 is 9.72 Å². The van der Waals surface area contributed by atoms with Gasteiger partial charge in [-0.25, -0.2) is 0 Å². The topological polar surface area (TPSA) is 59.9 Å². The van der Waals surface area contributed by atoms with Gasteiger partial charge in [0.2, 0.25) is 0 Å². The second-order valence-corrected chi connectivity index (χ2v) is 5.21. The molecule has 3 aromatic rings. The summed E-state index contributed by atoms with van der Waals surface area (Å²) in [5.41, 5.74) is 0.588. The van der Waals surface area contributed by atoms with Crippen LogP contribution in [0, 0.1) is 0 Å². The molecule has 0 saturated carbocycles. The molecule has 0 atom stereocenters. The van der Waals surface area contributed by atoms with Crippen LogP contribution in [0.1, 0.15) is 18.9 Å². The van der Waals surface area contributed by atoms with E-state index in [9.17, 15) is 4.79 Å². The van der Waals surface area contributed by atoms with Crippen LogP contribution in [0.5, 0.6) is 0 Å². The van der Waals surface area contributed by atoms with E-state index < -0.39 is 0 Å². The number of pyridine rings is 1. The average Bonchev–Trinajstić information content (AvgIpc) is 2.93. The van der Waals surface area contributed by atoms with Crippen LogP contribution in [0.2, 0.25) is 0 Å². The highest BCUT2D eigenvalue weighted by molar-refractivity contribution is 6.03. The second-order valence-electron chi connectivity index (χ2n) is 5.21. The van der Waals surface area contributed by atoms with Crippen molar-refractivity contribution in [2.75, 3.05) is 13.2 Å². The first kappa shape index (κ1) is 11.7. The van der Waals surface area contributed by atoms with E-state index in [1.54, 1.807) is 0 Å². The molecule has 1 N–H and O–H groups in total. The Morgan fingerprint density at radius 3 is 2.70 bits per heavy atom. The molecule has 2 aromatic heterocycles. The van der Waals surface area contributed by atoms with Gasteiger partial charge in [0.1, 0.15) is 0 Å². The minimum absolute atomic E-state index is 0.0784. The number of hydrogen-bond donors (Lipinski definition) is 1. The summed E-state index contributed by atoms with van der Waals surface area (Å²) in [5, 5.41) is 7.24. The van der Waals surface area contributed by atoms with Crippen LogP contribution in [-0.2, 0) is 4.74 Å². The lowest BCUT2D eigenvalue weighted by atomic mass is 10.1. The first-order valence-electron chi connectivity index (χ1n) is 6.90. The van der Waals surface area contributed by atoms with Gasteiger partial charge in [0, 0.05) is 30.2 Å². The molecule has 0 radical (unpaired) electrons. The number of fused-ring (bicyclic) bond motifs is 3. The van der Waals surface area contributed by atoms with Crippen LogP contribution < -0.4 is 5.56 Å². The van der Waals surface area contributed by atoms with Gasteiger partial charge in [0.15, 0.2) is 5.65 Å². The Labute approximate surface area is 115 Å². The normalized spacial score (nSPS) is 17.0. The Hall–Kier alpha value is -2.14. The van der Waals surface area contributed by atoms with Crippen molar-refractivity contribution in [3.05, 3.63) is 40.8 Å². The molecule has 1 aromatic carbocycles. The van der Waals surface area contributed by atoms with Gasteiger partial charge in [-0.3, -0.25) is 9.48 Å². The smallest absolute Gasteiger partial charge is 0.257 e. The van der Waals surface area contributed by atoms with Crippen molar-refractivity contribution in [1.82, 2.24) is 14.8 Å². The van der Waals surface area contributed by atoms with Crippen LogP contribution in [0.15, 0.2) is 35.3 Å². The van der Waals surface area contributed by atoms with Crippen molar-refractivity contribution >= 4 is 21.8 Å². The fourth-order valence-corrected chi connectivity index (χ4v) is 2.91. The number of hydrogen-bond acceptors (Lipinski definition) is 3. The summed E-state index contributed by atoms with van der Waals surface area (Å²) in [5.74, 6) is 0. The average molecular weight is 269 g/mol. The fourth-order valence-electron chi connectivity index (χ4n) is 2.91. The number of nitrogens with zero attached hydrogens (tertiary/aromatic N) is 2. The Balaban J connectivity index is 1.94. The zero-order chi connectivity index (χ0) is 13.5. The quantitative estimate of drug-likeness (QED) is 0.737. The molecule has 1 fully saturated rings. The first-order valence-corrected chi connectivity index (χ1v) is 6.90. The van der Waals surface area contributed by atoms with Crippen molar-refractivity contribution < 1.29 is 4.74 Å². The van der Waals surface area contributed by atoms with E-state index in [-0.39, 0.29) is 5.56 Å². The van der Waals surface area contributed by atoms with Crippen molar-refractivity contribution in [2.45, 2.75) is 18.9 Å². The lowest BCUT2D eigenvalue weighted by molar-refractivity contribution is 0.0664. The molecule has 0 aliphatic carbocycles. The van der Waals surface area contributed by atoms with Gasteiger partial charge in [-0.1, -0.05) is 18.2 Å². The maximum absolute atomic E-state index is 12.1. The third-order valence-corrected chi connectivity index (χ3v) is 3.99. The van der Waals surface area contributed by atoms with Crippen molar-refractivity contribution in [3.8, 4) is 0 Å². The highest BCUT2D eigenvalue weighted by Crippen LogP contribution is 2.25. The Morgan fingerprint density at radius 1 is 1.15 bits per heavy atom. The maximum atomic E-state index is 12.1. The SMILES string of the molecule is O=c1[nH]c2nn(C3CCOCC3)cc2c2ccccc12. The lowest BCUT2D eigenvalue weighted by Crippen LogP contribution is -2.19. The summed E-state index contributed by atoms with van der Waals surface area (Å²) in [6.07, 6.45) is 3.98. The first-order chi connectivity index (χ1) is 9.83. The van der Waals surface area contributed by atoms with Gasteiger partial charge in [-0.05, 0) is 24.3 Å². The largest absolute Gasteiger partial charge is 0.381 e. The summed E-state index contributed by atoms with van der Waals surface area (Å²) in [7, 11) is 0. The Bertz CT molecular complexity index is 828. The Morgan fingerprint density at radius 2 is 1.90 bits per heavy atom. The second kappa shape index (κ2) is 4.45. The number of benzene rings is 1. The van der Waals surface area contributed by atoms with Crippen molar-refractivity contribution in [3.63, 3.8) is 0 Å². The summed E-state index contributed by atoms with van der Waals surface area (Å²) >= 11 is 0. The van der Waals surface area contributed by atoms with E-state index in [0.29, 0.717) is 17.1 Å². The van der Waals surface area contributed by atoms with E-state index in [1.165, 1.54) is 0 Å². The van der Waals surface area contributed by atoms with Gasteiger partial charge in [0.25, 0.3) is 5.56 Å². The predicted molar refractivity (Wildman–Crippen MR) is 76.9 cm³/mol. The molecule has 0 unspecified atom stereocenters. The predicted octanol–water partition coefficient (Wildman–Crippen LogP) is 2.23. The van der Waals surface area contributed by atoms with Gasteiger partial charge >= 0.3 is 0 Å². The molecule has 0 bridgehead atoms. The molecule has 0 spiro atoms. The van der Waals surface area contributed by atoms with Crippen molar-refractivity contribution in [1.29, 1.82) is 0 Å². The molecule has 4 rings (SSSR count). The van der Waals surface area contributed by atoms with E-state index in [4.69, 9.17) is 4.74 Å². The molecule has 1 aliphatic rings. The summed E-state index contributed by atoms with van der Waals surface area (Å²) in [6.45, 7) is 1.55. The molecule has 5 heteroatoms. The minimum atomic E-state index is -0.0784. The van der Waals surface area contributed by atoms with E-state index in [2.05, 4.69) is 10.1 Å². The number of rotatable bonds is 1. The molecule has 1 aliphatic heterocycles. The Kier molecular flexibility index (Phi) is 2.60. The van der Waals surface area contributed by atoms with E-state index in [0.717, 1.165) is 36.8 Å². The highest BCUT2D eigenvalue weighted by atomic mass is 16.5. The van der Waals surface area contributed by atoms with E-state index in [1.807, 2.05) is 35.1 Å². The van der Waals surface area contributed by atoms with Crippen molar-refractivity contribution in [2.24, 2.45) is 0 Å². The fraction of sp³-hybridized carbons (Fsp3) is 0.333.